The summed E-state index contributed by atoms with van der Waals surface area (Å²) >= 11 is 0. The molecular formula is C37H46NO6PSi. The molecule has 1 amide bonds. The number of β-lactam (4-membered cyclic amide) rings is 1. The van der Waals surface area contributed by atoms with Crippen molar-refractivity contribution in [3.05, 3.63) is 104 Å². The van der Waals surface area contributed by atoms with Crippen molar-refractivity contribution in [2.24, 2.45) is 11.8 Å². The van der Waals surface area contributed by atoms with Gasteiger partial charge in [-0.15, -0.1) is 0 Å². The van der Waals surface area contributed by atoms with E-state index in [1.807, 2.05) is 97.9 Å². The highest BCUT2D eigenvalue weighted by molar-refractivity contribution is 7.96. The lowest BCUT2D eigenvalue weighted by Gasteiger charge is -2.54. The van der Waals surface area contributed by atoms with Crippen LogP contribution < -0.4 is 15.9 Å². The Bertz CT molecular complexity index is 1510. The third kappa shape index (κ3) is 6.44. The Morgan fingerprint density at radius 3 is 1.72 bits per heavy atom. The number of likely N-dealkylation sites (tertiary alicyclic amines) is 1. The fourth-order valence-electron chi connectivity index (χ4n) is 6.02. The Hall–Kier alpha value is -3.71. The first-order chi connectivity index (χ1) is 21.7. The largest absolute Gasteiger partial charge is 0.481 e. The second-order valence-corrected chi connectivity index (χ2v) is 21.4. The molecule has 7 nitrogen and oxygen atoms in total. The van der Waals surface area contributed by atoms with E-state index in [0.717, 1.165) is 15.9 Å². The van der Waals surface area contributed by atoms with Crippen molar-refractivity contribution in [1.29, 1.82) is 0 Å². The topological polar surface area (TPSA) is 93.1 Å². The first-order valence-electron chi connectivity index (χ1n) is 15.6. The van der Waals surface area contributed by atoms with Crippen LogP contribution in [0.1, 0.15) is 34.6 Å². The number of ether oxygens (including phenoxy) is 1. The van der Waals surface area contributed by atoms with Gasteiger partial charge in [-0.3, -0.25) is 9.59 Å². The molecule has 1 saturated heterocycles. The number of rotatable bonds is 12. The molecule has 3 aromatic carbocycles. The van der Waals surface area contributed by atoms with Gasteiger partial charge in [-0.05, 0) is 47.9 Å². The summed E-state index contributed by atoms with van der Waals surface area (Å²) in [5.41, 5.74) is 0.150. The Labute approximate surface area is 274 Å². The van der Waals surface area contributed by atoms with Crippen molar-refractivity contribution < 1.29 is 28.7 Å². The molecule has 1 aliphatic heterocycles. The predicted octanol–water partition coefficient (Wildman–Crippen LogP) is 5.80. The molecule has 4 atom stereocenters. The Morgan fingerprint density at radius 2 is 1.35 bits per heavy atom. The highest BCUT2D eigenvalue weighted by atomic mass is 31.2. The molecular weight excluding hydrogens is 613 g/mol. The highest BCUT2D eigenvalue weighted by Crippen LogP contribution is 2.51. The summed E-state index contributed by atoms with van der Waals surface area (Å²) in [6.45, 7) is 14.5. The molecule has 0 aliphatic carbocycles. The van der Waals surface area contributed by atoms with Crippen molar-refractivity contribution in [2.75, 3.05) is 6.61 Å². The van der Waals surface area contributed by atoms with E-state index in [4.69, 9.17) is 9.16 Å². The summed E-state index contributed by atoms with van der Waals surface area (Å²) in [6.07, 6.45) is 0.913. The van der Waals surface area contributed by atoms with Crippen molar-refractivity contribution in [3.8, 4) is 0 Å². The number of carbonyl (C=O) groups excluding carboxylic acids is 2. The van der Waals surface area contributed by atoms with Crippen LogP contribution in [-0.2, 0) is 23.5 Å². The van der Waals surface area contributed by atoms with Crippen LogP contribution in [0.25, 0.3) is 0 Å². The van der Waals surface area contributed by atoms with Crippen molar-refractivity contribution in [2.45, 2.75) is 64.9 Å². The van der Waals surface area contributed by atoms with Crippen LogP contribution in [0.4, 0.5) is 0 Å². The molecule has 0 spiro atoms. The third-order valence-corrected chi connectivity index (χ3v) is 18.2. The van der Waals surface area contributed by atoms with Crippen molar-refractivity contribution >= 4 is 54.4 Å². The van der Waals surface area contributed by atoms with E-state index >= 15 is 0 Å². The van der Waals surface area contributed by atoms with E-state index in [9.17, 15) is 19.5 Å². The molecule has 0 radical (unpaired) electrons. The van der Waals surface area contributed by atoms with E-state index in [0.29, 0.717) is 0 Å². The van der Waals surface area contributed by atoms with E-state index in [1.54, 1.807) is 6.92 Å². The molecule has 4 rings (SSSR count). The highest BCUT2D eigenvalue weighted by Gasteiger charge is 2.59. The van der Waals surface area contributed by atoms with Gasteiger partial charge >= 0.3 is 11.9 Å². The molecule has 0 saturated carbocycles. The third-order valence-electron chi connectivity index (χ3n) is 9.37. The zero-order valence-electron chi connectivity index (χ0n) is 27.8. The zero-order chi connectivity index (χ0) is 33.9. The lowest BCUT2D eigenvalue weighted by molar-refractivity contribution is -0.165. The SMILES string of the molecule is C=CCOC(=O)C(N1C(=O)[C@H]([C@H](C)O[Si](C)(C)C(C)(C)C)[C@H]1[C@@H](C)C(=O)O)=P(c1ccccc1)(c1ccccc1)c1ccccc1. The molecule has 1 fully saturated rings. The van der Waals surface area contributed by atoms with E-state index in [2.05, 4.69) is 40.4 Å². The normalized spacial score (nSPS) is 18.2. The van der Waals surface area contributed by atoms with Gasteiger partial charge in [0.15, 0.2) is 8.32 Å². The van der Waals surface area contributed by atoms with E-state index in [-0.39, 0.29) is 23.0 Å². The van der Waals surface area contributed by atoms with Crippen LogP contribution in [0.15, 0.2) is 104 Å². The molecule has 46 heavy (non-hydrogen) atoms. The van der Waals surface area contributed by atoms with Crippen LogP contribution in [0.3, 0.4) is 0 Å². The van der Waals surface area contributed by atoms with Gasteiger partial charge in [-0.1, -0.05) is 124 Å². The summed E-state index contributed by atoms with van der Waals surface area (Å²) in [7, 11) is -2.34. The van der Waals surface area contributed by atoms with Crippen LogP contribution in [0, 0.1) is 11.8 Å². The maximum absolute atomic E-state index is 14.7. The average Bonchev–Trinajstić information content (AvgIpc) is 3.02. The molecule has 244 valence electrons. The number of nitrogens with zero attached hydrogens (tertiary/aromatic N) is 1. The average molecular weight is 660 g/mol. The quantitative estimate of drug-likeness (QED) is 0.0870. The Balaban J connectivity index is 2.13. The fourth-order valence-corrected chi connectivity index (χ4v) is 11.8. The van der Waals surface area contributed by atoms with Crippen LogP contribution >= 0.6 is 6.89 Å². The first kappa shape index (κ1) is 35.1. The summed E-state index contributed by atoms with van der Waals surface area (Å²) in [6, 6.07) is 28.1. The maximum Gasteiger partial charge on any atom is 0.356 e. The molecule has 1 N–H and O–H groups in total. The van der Waals surface area contributed by atoms with Gasteiger partial charge in [0.2, 0.25) is 5.91 Å². The van der Waals surface area contributed by atoms with Gasteiger partial charge in [0.25, 0.3) is 0 Å². The van der Waals surface area contributed by atoms with Gasteiger partial charge in [0.05, 0.1) is 24.0 Å². The van der Waals surface area contributed by atoms with Gasteiger partial charge in [0.1, 0.15) is 12.0 Å². The molecule has 1 aliphatic rings. The smallest absolute Gasteiger partial charge is 0.356 e. The summed E-state index contributed by atoms with van der Waals surface area (Å²) in [4.78, 5) is 43.4. The number of amides is 1. The number of hydrogen-bond donors (Lipinski definition) is 1. The molecule has 1 heterocycles. The summed E-state index contributed by atoms with van der Waals surface area (Å²) < 4.78 is 12.5. The Morgan fingerprint density at radius 1 is 0.913 bits per heavy atom. The van der Waals surface area contributed by atoms with Crippen LogP contribution in [0.2, 0.25) is 18.1 Å². The predicted molar refractivity (Wildman–Crippen MR) is 190 cm³/mol. The van der Waals surface area contributed by atoms with Gasteiger partial charge in [-0.2, -0.15) is 0 Å². The number of carboxylic acid groups (broad SMARTS) is 1. The number of carboxylic acids is 1. The van der Waals surface area contributed by atoms with E-state index < -0.39 is 51.1 Å². The molecule has 0 aromatic heterocycles. The minimum atomic E-state index is -3.16. The summed E-state index contributed by atoms with van der Waals surface area (Å²) in [5.74, 6) is -3.86. The van der Waals surface area contributed by atoms with Crippen molar-refractivity contribution in [1.82, 2.24) is 4.90 Å². The standard InChI is InChI=1S/C37H46NO6PSi/c1-9-25-43-36(42)34(38-32(26(2)35(40)41)31(33(38)39)27(3)44-46(7,8)37(4,5)6)45(28-19-13-10-14-20-28,29-21-15-11-16-22-29)30-23-17-12-18-24-30/h9-24,26-27,31-32H,1,25H2,2-8H3,(H,40,41)/t26-,27+,31-,32-/m1/s1. The molecule has 9 heteroatoms. The molecule has 3 aromatic rings. The van der Waals surface area contributed by atoms with Crippen molar-refractivity contribution in [3.63, 3.8) is 0 Å². The first-order valence-corrected chi connectivity index (χ1v) is 20.3. The lowest BCUT2D eigenvalue weighted by Crippen LogP contribution is -2.71. The monoisotopic (exact) mass is 659 g/mol. The number of hydrogen-bond acceptors (Lipinski definition) is 5. The number of benzene rings is 3. The number of carbonyl (C=O) groups is 3. The summed E-state index contributed by atoms with van der Waals surface area (Å²) in [5, 5.41) is 12.8. The maximum atomic E-state index is 14.7. The van der Waals surface area contributed by atoms with Crippen LogP contribution in [-0.4, -0.2) is 60.3 Å². The second-order valence-electron chi connectivity index (χ2n) is 13.3. The van der Waals surface area contributed by atoms with Gasteiger partial charge < -0.3 is 19.2 Å². The Kier molecular flexibility index (Phi) is 10.7. The second kappa shape index (κ2) is 14.0. The number of aliphatic carboxylic acids is 1. The minimum absolute atomic E-state index is 0.0732. The zero-order valence-corrected chi connectivity index (χ0v) is 29.7. The lowest BCUT2D eigenvalue weighted by atomic mass is 9.76. The van der Waals surface area contributed by atoms with E-state index in [1.165, 1.54) is 11.0 Å². The molecule has 0 unspecified atom stereocenters. The van der Waals surface area contributed by atoms with Crippen LogP contribution in [0.5, 0.6) is 0 Å². The van der Waals surface area contributed by atoms with Gasteiger partial charge in [0, 0.05) is 6.89 Å². The minimum Gasteiger partial charge on any atom is -0.481 e. The fraction of sp³-hybridized carbons (Fsp3) is 0.351. The van der Waals surface area contributed by atoms with Gasteiger partial charge in [-0.25, -0.2) is 4.79 Å². The number of esters is 1. The molecule has 0 bridgehead atoms.